The maximum Gasteiger partial charge on any atom is 0.254 e. The van der Waals surface area contributed by atoms with E-state index in [-0.39, 0.29) is 0 Å². The minimum absolute atomic E-state index is 0.834. The van der Waals surface area contributed by atoms with Gasteiger partial charge in [-0.2, -0.15) is 0 Å². The Balaban J connectivity index is 2.66. The molecular weight excluding hydrogens is 172 g/mol. The topological polar surface area (TPSA) is 26.3 Å². The van der Waals surface area contributed by atoms with Crippen LogP contribution >= 0.6 is 0 Å². The van der Waals surface area contributed by atoms with Gasteiger partial charge in [0.25, 0.3) is 8.32 Å². The summed E-state index contributed by atoms with van der Waals surface area (Å²) in [7, 11) is -2.91. The summed E-state index contributed by atoms with van der Waals surface area (Å²) in [6.07, 6.45) is 0. The Bertz CT molecular complexity index is 170. The van der Waals surface area contributed by atoms with Crippen LogP contribution < -0.4 is 0 Å². The second-order valence-electron chi connectivity index (χ2n) is 4.37. The van der Waals surface area contributed by atoms with Gasteiger partial charge < -0.3 is 9.22 Å². The van der Waals surface area contributed by atoms with Crippen LogP contribution in [0.5, 0.6) is 0 Å². The minimum atomic E-state index is -1.86. The van der Waals surface area contributed by atoms with E-state index in [0.717, 1.165) is 18.2 Å². The fourth-order valence-electron chi connectivity index (χ4n) is 1.73. The lowest BCUT2D eigenvalue weighted by Gasteiger charge is -2.36. The molecule has 1 atom stereocenters. The predicted molar refractivity (Wildman–Crippen MR) is 51.4 cm³/mol. The van der Waals surface area contributed by atoms with Gasteiger partial charge in [0.2, 0.25) is 0 Å². The summed E-state index contributed by atoms with van der Waals surface area (Å²) >= 11 is 0. The van der Waals surface area contributed by atoms with Crippen LogP contribution in [0.4, 0.5) is 0 Å². The summed E-state index contributed by atoms with van der Waals surface area (Å²) in [5.41, 5.74) is 1.11. The highest BCUT2D eigenvalue weighted by Gasteiger charge is 2.41. The van der Waals surface area contributed by atoms with Crippen molar-refractivity contribution in [1.82, 2.24) is 0 Å². The SMILES string of the molecule is C[Si]1(C)CCO[Si](C)(C=O)C1. The lowest BCUT2D eigenvalue weighted by molar-refractivity contribution is 0.327. The van der Waals surface area contributed by atoms with Crippen LogP contribution in [0, 0.1) is 0 Å². The number of carbonyl (C=O) groups is 1. The van der Waals surface area contributed by atoms with E-state index in [0.29, 0.717) is 0 Å². The Kier molecular flexibility index (Phi) is 2.36. The van der Waals surface area contributed by atoms with Gasteiger partial charge in [-0.1, -0.05) is 13.1 Å². The summed E-state index contributed by atoms with van der Waals surface area (Å²) in [5.74, 6) is 1.10. The number of carbonyl (C=O) groups excluding carboxylic acids is 1. The quantitative estimate of drug-likeness (QED) is 0.462. The van der Waals surface area contributed by atoms with Crippen molar-refractivity contribution in [3.05, 3.63) is 0 Å². The average molecular weight is 188 g/mol. The van der Waals surface area contributed by atoms with Crippen molar-refractivity contribution in [3.8, 4) is 0 Å². The van der Waals surface area contributed by atoms with E-state index >= 15 is 0 Å². The number of hydrogen-bond donors (Lipinski definition) is 0. The molecule has 0 saturated carbocycles. The molecule has 1 rings (SSSR count). The molecule has 1 fully saturated rings. The molecule has 1 heterocycles. The van der Waals surface area contributed by atoms with Crippen LogP contribution in [0.15, 0.2) is 0 Å². The maximum absolute atomic E-state index is 10.7. The Morgan fingerprint density at radius 2 is 2.00 bits per heavy atom. The molecule has 0 amide bonds. The summed E-state index contributed by atoms with van der Waals surface area (Å²) in [5, 5.41) is 0. The molecule has 1 unspecified atom stereocenters. The molecule has 1 saturated heterocycles. The van der Waals surface area contributed by atoms with Gasteiger partial charge in [0.1, 0.15) is 5.91 Å². The highest BCUT2D eigenvalue weighted by atomic mass is 28.4. The molecule has 11 heavy (non-hydrogen) atoms. The van der Waals surface area contributed by atoms with Crippen LogP contribution in [0.2, 0.25) is 31.4 Å². The maximum atomic E-state index is 10.7. The molecule has 4 heteroatoms. The van der Waals surface area contributed by atoms with Crippen molar-refractivity contribution in [3.63, 3.8) is 0 Å². The monoisotopic (exact) mass is 188 g/mol. The first-order valence-corrected chi connectivity index (χ1v) is 10.2. The molecule has 0 N–H and O–H groups in total. The first-order valence-electron chi connectivity index (χ1n) is 4.08. The Morgan fingerprint density at radius 3 is 2.36 bits per heavy atom. The molecule has 0 bridgehead atoms. The Hall–Kier alpha value is 0.0638. The fraction of sp³-hybridized carbons (Fsp3) is 0.857. The second kappa shape index (κ2) is 2.84. The van der Waals surface area contributed by atoms with E-state index in [2.05, 4.69) is 13.1 Å². The summed E-state index contributed by atoms with van der Waals surface area (Å²) in [4.78, 5) is 10.7. The second-order valence-corrected chi connectivity index (χ2v) is 13.8. The molecule has 0 aromatic carbocycles. The molecule has 0 radical (unpaired) electrons. The summed E-state index contributed by atoms with van der Waals surface area (Å²) in [6.45, 7) is 7.57. The van der Waals surface area contributed by atoms with Crippen molar-refractivity contribution >= 4 is 22.3 Å². The van der Waals surface area contributed by atoms with Crippen molar-refractivity contribution in [2.75, 3.05) is 6.61 Å². The molecule has 1 aliphatic heterocycles. The Morgan fingerprint density at radius 1 is 1.36 bits per heavy atom. The van der Waals surface area contributed by atoms with E-state index in [9.17, 15) is 4.79 Å². The molecule has 64 valence electrons. The van der Waals surface area contributed by atoms with Gasteiger partial charge in [-0.15, -0.1) is 0 Å². The van der Waals surface area contributed by atoms with Crippen molar-refractivity contribution < 1.29 is 9.22 Å². The zero-order valence-electron chi connectivity index (χ0n) is 7.52. The van der Waals surface area contributed by atoms with Crippen molar-refractivity contribution in [1.29, 1.82) is 0 Å². The van der Waals surface area contributed by atoms with Gasteiger partial charge in [0, 0.05) is 14.7 Å². The molecule has 0 aromatic heterocycles. The molecular formula is C7H16O2Si2. The molecule has 0 aromatic rings. The largest absolute Gasteiger partial charge is 0.410 e. The first kappa shape index (κ1) is 9.15. The molecule has 1 aliphatic rings. The van der Waals surface area contributed by atoms with Crippen LogP contribution in [-0.2, 0) is 9.22 Å². The molecule has 2 nitrogen and oxygen atoms in total. The fourth-order valence-corrected chi connectivity index (χ4v) is 12.3. The summed E-state index contributed by atoms with van der Waals surface area (Å²) < 4.78 is 5.56. The average Bonchev–Trinajstić information content (AvgIpc) is 1.85. The van der Waals surface area contributed by atoms with E-state index in [1.54, 1.807) is 0 Å². The van der Waals surface area contributed by atoms with Gasteiger partial charge in [-0.25, -0.2) is 0 Å². The normalized spacial score (nSPS) is 36.6. The lowest BCUT2D eigenvalue weighted by atomic mass is 10.9. The van der Waals surface area contributed by atoms with E-state index in [1.165, 1.54) is 6.04 Å². The standard InChI is InChI=1S/C7H16O2Si2/c1-10(2)5-4-9-11(3,6-8)7-10/h6H,4-5,7H2,1-3H3. The van der Waals surface area contributed by atoms with Gasteiger partial charge in [0.15, 0.2) is 0 Å². The molecule has 0 spiro atoms. The Labute approximate surface area is 70.1 Å². The van der Waals surface area contributed by atoms with Crippen LogP contribution in [0.1, 0.15) is 0 Å². The third-order valence-corrected chi connectivity index (χ3v) is 11.8. The van der Waals surface area contributed by atoms with Gasteiger partial charge in [-0.3, -0.25) is 0 Å². The van der Waals surface area contributed by atoms with E-state index < -0.39 is 16.4 Å². The highest BCUT2D eigenvalue weighted by molar-refractivity contribution is 7.06. The molecule has 0 aliphatic carbocycles. The van der Waals surface area contributed by atoms with E-state index in [4.69, 9.17) is 4.43 Å². The number of rotatable bonds is 1. The third kappa shape index (κ3) is 2.25. The van der Waals surface area contributed by atoms with Gasteiger partial charge in [-0.05, 0) is 18.3 Å². The predicted octanol–water partition coefficient (Wildman–Crippen LogP) is 1.61. The van der Waals surface area contributed by atoms with Crippen molar-refractivity contribution in [2.45, 2.75) is 31.4 Å². The summed E-state index contributed by atoms with van der Waals surface area (Å²) in [6, 6.07) is 1.23. The highest BCUT2D eigenvalue weighted by Crippen LogP contribution is 2.27. The van der Waals surface area contributed by atoms with Crippen LogP contribution in [-0.4, -0.2) is 28.9 Å². The van der Waals surface area contributed by atoms with Crippen LogP contribution in [0.25, 0.3) is 0 Å². The number of hydrogen-bond acceptors (Lipinski definition) is 2. The van der Waals surface area contributed by atoms with Gasteiger partial charge in [0.05, 0.1) is 0 Å². The third-order valence-electron chi connectivity index (χ3n) is 2.29. The smallest absolute Gasteiger partial charge is 0.254 e. The van der Waals surface area contributed by atoms with Crippen molar-refractivity contribution in [2.24, 2.45) is 0 Å². The van der Waals surface area contributed by atoms with E-state index in [1.807, 2.05) is 6.55 Å². The lowest BCUT2D eigenvalue weighted by Crippen LogP contribution is -2.51. The first-order chi connectivity index (χ1) is 4.97. The zero-order valence-corrected chi connectivity index (χ0v) is 9.52. The zero-order chi connectivity index (χ0) is 8.54. The van der Waals surface area contributed by atoms with Gasteiger partial charge >= 0.3 is 0 Å². The minimum Gasteiger partial charge on any atom is -0.410 e. The van der Waals surface area contributed by atoms with Crippen LogP contribution in [0.3, 0.4) is 0 Å².